The molecule has 0 radical (unpaired) electrons. The molecular formula is C20H22ClN3O4. The van der Waals surface area contributed by atoms with E-state index in [1.807, 2.05) is 0 Å². The van der Waals surface area contributed by atoms with E-state index in [1.165, 1.54) is 0 Å². The van der Waals surface area contributed by atoms with Gasteiger partial charge in [-0.3, -0.25) is 14.4 Å². The van der Waals surface area contributed by atoms with Crippen molar-refractivity contribution in [1.29, 1.82) is 0 Å². The lowest BCUT2D eigenvalue weighted by molar-refractivity contribution is -0.120. The molecule has 0 saturated heterocycles. The minimum atomic E-state index is -0.330. The number of halogens is 1. The van der Waals surface area contributed by atoms with Crippen LogP contribution in [0.15, 0.2) is 48.5 Å². The zero-order valence-corrected chi connectivity index (χ0v) is 16.2. The average molecular weight is 404 g/mol. The van der Waals surface area contributed by atoms with Crippen LogP contribution in [0.1, 0.15) is 23.7 Å². The van der Waals surface area contributed by atoms with E-state index in [4.69, 9.17) is 16.3 Å². The van der Waals surface area contributed by atoms with Gasteiger partial charge >= 0.3 is 0 Å². The van der Waals surface area contributed by atoms with Crippen LogP contribution < -0.4 is 20.7 Å². The molecule has 2 aromatic rings. The van der Waals surface area contributed by atoms with Gasteiger partial charge < -0.3 is 20.7 Å². The molecule has 0 heterocycles. The molecule has 28 heavy (non-hydrogen) atoms. The summed E-state index contributed by atoms with van der Waals surface area (Å²) in [5, 5.41) is 8.60. The number of amides is 3. The van der Waals surface area contributed by atoms with Crippen LogP contribution in [0.5, 0.6) is 5.75 Å². The van der Waals surface area contributed by atoms with Gasteiger partial charge in [0.15, 0.2) is 6.61 Å². The molecular weight excluding hydrogens is 382 g/mol. The lowest BCUT2D eigenvalue weighted by Gasteiger charge is -2.09. The second-order valence-electron chi connectivity index (χ2n) is 5.83. The van der Waals surface area contributed by atoms with Gasteiger partial charge in [-0.15, -0.1) is 0 Å². The molecule has 7 nitrogen and oxygen atoms in total. The maximum Gasteiger partial charge on any atom is 0.262 e. The van der Waals surface area contributed by atoms with Crippen LogP contribution in [0.25, 0.3) is 0 Å². The molecule has 0 aromatic heterocycles. The van der Waals surface area contributed by atoms with Crippen molar-refractivity contribution in [3.63, 3.8) is 0 Å². The van der Waals surface area contributed by atoms with Crippen molar-refractivity contribution in [2.24, 2.45) is 0 Å². The van der Waals surface area contributed by atoms with Crippen molar-refractivity contribution in [3.05, 3.63) is 59.1 Å². The van der Waals surface area contributed by atoms with Crippen molar-refractivity contribution in [3.8, 4) is 5.75 Å². The van der Waals surface area contributed by atoms with Gasteiger partial charge in [0, 0.05) is 35.8 Å². The minimum Gasteiger partial charge on any atom is -0.484 e. The Bertz CT molecular complexity index is 824. The van der Waals surface area contributed by atoms with Gasteiger partial charge in [0.25, 0.3) is 11.8 Å². The molecule has 0 aliphatic carbocycles. The van der Waals surface area contributed by atoms with Gasteiger partial charge in [-0.1, -0.05) is 24.6 Å². The Kier molecular flexibility index (Phi) is 8.30. The molecule has 148 valence electrons. The van der Waals surface area contributed by atoms with E-state index < -0.39 is 0 Å². The largest absolute Gasteiger partial charge is 0.484 e. The SMILES string of the molecule is CCC(=O)NCCNC(=O)c1ccc(NC(=O)COc2cccc(Cl)c2)cc1. The van der Waals surface area contributed by atoms with E-state index in [1.54, 1.807) is 55.5 Å². The van der Waals surface area contributed by atoms with Crippen LogP contribution in [0.4, 0.5) is 5.69 Å². The van der Waals surface area contributed by atoms with Crippen LogP contribution >= 0.6 is 11.6 Å². The zero-order chi connectivity index (χ0) is 20.4. The Morgan fingerprint density at radius 3 is 2.36 bits per heavy atom. The molecule has 0 atom stereocenters. The molecule has 3 N–H and O–H groups in total. The molecule has 0 aliphatic heterocycles. The molecule has 3 amide bonds. The number of hydrogen-bond donors (Lipinski definition) is 3. The van der Waals surface area contributed by atoms with Crippen LogP contribution in [-0.2, 0) is 9.59 Å². The van der Waals surface area contributed by atoms with E-state index >= 15 is 0 Å². The van der Waals surface area contributed by atoms with E-state index in [9.17, 15) is 14.4 Å². The predicted octanol–water partition coefficient (Wildman–Crippen LogP) is 2.61. The molecule has 0 aliphatic rings. The zero-order valence-electron chi connectivity index (χ0n) is 15.5. The monoisotopic (exact) mass is 403 g/mol. The van der Waals surface area contributed by atoms with E-state index in [-0.39, 0.29) is 24.3 Å². The summed E-state index contributed by atoms with van der Waals surface area (Å²) in [5.41, 5.74) is 1.00. The topological polar surface area (TPSA) is 96.5 Å². The standard InChI is InChI=1S/C20H22ClN3O4/c1-2-18(25)22-10-11-23-20(27)14-6-8-16(9-7-14)24-19(26)13-28-17-5-3-4-15(21)12-17/h3-9,12H,2,10-11,13H2,1H3,(H,22,25)(H,23,27)(H,24,26). The first-order valence-electron chi connectivity index (χ1n) is 8.81. The number of anilines is 1. The third-order valence-corrected chi connectivity index (χ3v) is 3.89. The minimum absolute atomic E-state index is 0.0614. The second-order valence-corrected chi connectivity index (χ2v) is 6.27. The fraction of sp³-hybridized carbons (Fsp3) is 0.250. The molecule has 0 fully saturated rings. The van der Waals surface area contributed by atoms with Gasteiger partial charge in [-0.25, -0.2) is 0 Å². The fourth-order valence-corrected chi connectivity index (χ4v) is 2.39. The van der Waals surface area contributed by atoms with Crippen molar-refractivity contribution >= 4 is 35.0 Å². The smallest absolute Gasteiger partial charge is 0.262 e. The number of benzene rings is 2. The Morgan fingerprint density at radius 1 is 0.964 bits per heavy atom. The Hall–Kier alpha value is -3.06. The normalized spacial score (nSPS) is 10.1. The molecule has 2 rings (SSSR count). The number of ether oxygens (including phenoxy) is 1. The van der Waals surface area contributed by atoms with Gasteiger partial charge in [-0.05, 0) is 42.5 Å². The highest BCUT2D eigenvalue weighted by Crippen LogP contribution is 2.17. The summed E-state index contributed by atoms with van der Waals surface area (Å²) in [7, 11) is 0. The predicted molar refractivity (Wildman–Crippen MR) is 108 cm³/mol. The van der Waals surface area contributed by atoms with Crippen molar-refractivity contribution in [1.82, 2.24) is 10.6 Å². The summed E-state index contributed by atoms with van der Waals surface area (Å²) < 4.78 is 5.37. The maximum absolute atomic E-state index is 12.0. The summed E-state index contributed by atoms with van der Waals surface area (Å²) in [4.78, 5) is 35.1. The van der Waals surface area contributed by atoms with Crippen LogP contribution in [0.2, 0.25) is 5.02 Å². The summed E-state index contributed by atoms with van der Waals surface area (Å²) in [5.74, 6) is -0.143. The Labute approximate surface area is 168 Å². The van der Waals surface area contributed by atoms with Crippen molar-refractivity contribution in [2.75, 3.05) is 25.0 Å². The van der Waals surface area contributed by atoms with Crippen LogP contribution in [0.3, 0.4) is 0 Å². The average Bonchev–Trinajstić information content (AvgIpc) is 2.70. The summed E-state index contributed by atoms with van der Waals surface area (Å²) in [6, 6.07) is 13.2. The third-order valence-electron chi connectivity index (χ3n) is 3.65. The summed E-state index contributed by atoms with van der Waals surface area (Å²) >= 11 is 5.86. The van der Waals surface area contributed by atoms with Gasteiger partial charge in [0.2, 0.25) is 5.91 Å². The van der Waals surface area contributed by atoms with E-state index in [0.29, 0.717) is 41.5 Å². The quantitative estimate of drug-likeness (QED) is 0.561. The summed E-state index contributed by atoms with van der Waals surface area (Å²) in [6.45, 7) is 2.31. The fourth-order valence-electron chi connectivity index (χ4n) is 2.21. The van der Waals surface area contributed by atoms with Gasteiger partial charge in [0.05, 0.1) is 0 Å². The lowest BCUT2D eigenvalue weighted by Crippen LogP contribution is -2.34. The first-order valence-corrected chi connectivity index (χ1v) is 9.19. The molecule has 0 saturated carbocycles. The molecule has 2 aromatic carbocycles. The highest BCUT2D eigenvalue weighted by atomic mass is 35.5. The number of carbonyl (C=O) groups excluding carboxylic acids is 3. The first kappa shape index (κ1) is 21.2. The number of carbonyl (C=O) groups is 3. The van der Waals surface area contributed by atoms with Gasteiger partial charge in [0.1, 0.15) is 5.75 Å². The maximum atomic E-state index is 12.0. The highest BCUT2D eigenvalue weighted by molar-refractivity contribution is 6.30. The van der Waals surface area contributed by atoms with Crippen LogP contribution in [0, 0.1) is 0 Å². The van der Waals surface area contributed by atoms with E-state index in [2.05, 4.69) is 16.0 Å². The highest BCUT2D eigenvalue weighted by Gasteiger charge is 2.07. The molecule has 0 spiro atoms. The molecule has 0 unspecified atom stereocenters. The van der Waals surface area contributed by atoms with E-state index in [0.717, 1.165) is 0 Å². The first-order chi connectivity index (χ1) is 13.5. The van der Waals surface area contributed by atoms with Crippen molar-refractivity contribution in [2.45, 2.75) is 13.3 Å². The Balaban J connectivity index is 1.76. The number of hydrogen-bond acceptors (Lipinski definition) is 4. The summed E-state index contributed by atoms with van der Waals surface area (Å²) in [6.07, 6.45) is 0.408. The lowest BCUT2D eigenvalue weighted by atomic mass is 10.2. The van der Waals surface area contributed by atoms with Crippen molar-refractivity contribution < 1.29 is 19.1 Å². The Morgan fingerprint density at radius 2 is 1.68 bits per heavy atom. The number of nitrogens with one attached hydrogen (secondary N) is 3. The second kappa shape index (κ2) is 10.9. The van der Waals surface area contributed by atoms with Crippen LogP contribution in [-0.4, -0.2) is 37.4 Å². The molecule has 8 heteroatoms. The van der Waals surface area contributed by atoms with Gasteiger partial charge in [-0.2, -0.15) is 0 Å². The third kappa shape index (κ3) is 7.28. The molecule has 0 bridgehead atoms. The number of rotatable bonds is 9.